The molecule has 0 unspecified atom stereocenters. The van der Waals surface area contributed by atoms with E-state index in [1.807, 2.05) is 0 Å². The molecule has 0 fully saturated rings. The monoisotopic (exact) mass is 389 g/mol. The minimum atomic E-state index is -0.525. The second-order valence-corrected chi connectivity index (χ2v) is 6.47. The minimum absolute atomic E-state index is 0. The number of amides is 1. The fraction of sp³-hybridized carbons (Fsp3) is 0.364. The van der Waals surface area contributed by atoms with Crippen LogP contribution < -0.4 is 10.1 Å². The predicted molar refractivity (Wildman–Crippen MR) is 108 cm³/mol. The number of halogens is 1. The smallest absolute Gasteiger partial charge is 0.412 e. The number of hydrogen-bond acceptors (Lipinski definition) is 4. The van der Waals surface area contributed by atoms with Crippen LogP contribution in [0.4, 0.5) is 9.18 Å². The molecule has 28 heavy (non-hydrogen) atoms. The first-order valence-corrected chi connectivity index (χ1v) is 9.45. The van der Waals surface area contributed by atoms with Gasteiger partial charge in [-0.3, -0.25) is 4.79 Å². The molecular weight excluding hydrogens is 361 g/mol. The van der Waals surface area contributed by atoms with Gasteiger partial charge in [0.05, 0.1) is 13.5 Å². The fourth-order valence-electron chi connectivity index (χ4n) is 2.75. The van der Waals surface area contributed by atoms with Crippen molar-refractivity contribution in [3.63, 3.8) is 0 Å². The molecule has 1 amide bonds. The number of hydrogen-bond donors (Lipinski definition) is 1. The summed E-state index contributed by atoms with van der Waals surface area (Å²) in [6, 6.07) is 11.3. The van der Waals surface area contributed by atoms with Crippen LogP contribution in [0.2, 0.25) is 0 Å². The average molecular weight is 389 g/mol. The van der Waals surface area contributed by atoms with Crippen LogP contribution in [0.5, 0.6) is 5.75 Å². The third-order valence-electron chi connectivity index (χ3n) is 4.26. The zero-order valence-corrected chi connectivity index (χ0v) is 16.3. The molecule has 0 aliphatic heterocycles. The van der Waals surface area contributed by atoms with E-state index in [0.29, 0.717) is 29.0 Å². The molecule has 0 atom stereocenters. The molecule has 0 aliphatic rings. The van der Waals surface area contributed by atoms with E-state index in [-0.39, 0.29) is 7.85 Å². The lowest BCUT2D eigenvalue weighted by Crippen LogP contribution is -2.27. The van der Waals surface area contributed by atoms with Crippen molar-refractivity contribution < 1.29 is 24.9 Å². The van der Waals surface area contributed by atoms with Crippen molar-refractivity contribution in [3.8, 4) is 16.9 Å². The summed E-state index contributed by atoms with van der Waals surface area (Å²) in [5.41, 5.74) is 1.47. The Balaban J connectivity index is 0.00000420. The standard InChI is InChI=1S/C22H26FNO4.H2/c1-3-4-5-6-12-24-22(26)28-18-9-7-8-17(15-18)19-11-10-16(13-20(19)23)14-21(25)27-2;/h7-11,13,15H,3-6,12,14H2,1-2H3,(H,24,26);1H. The van der Waals surface area contributed by atoms with Crippen molar-refractivity contribution in [2.45, 2.75) is 39.0 Å². The molecule has 2 aromatic rings. The average Bonchev–Trinajstić information content (AvgIpc) is 2.68. The van der Waals surface area contributed by atoms with Crippen molar-refractivity contribution in [1.29, 1.82) is 0 Å². The van der Waals surface area contributed by atoms with Crippen molar-refractivity contribution in [2.75, 3.05) is 13.7 Å². The Kier molecular flexibility index (Phi) is 8.46. The van der Waals surface area contributed by atoms with Crippen LogP contribution in [0.25, 0.3) is 11.1 Å². The van der Waals surface area contributed by atoms with Crippen LogP contribution in [0, 0.1) is 5.82 Å². The van der Waals surface area contributed by atoms with Gasteiger partial charge in [0.1, 0.15) is 11.6 Å². The minimum Gasteiger partial charge on any atom is -0.469 e. The van der Waals surface area contributed by atoms with Gasteiger partial charge in [0, 0.05) is 13.5 Å². The molecule has 0 saturated carbocycles. The van der Waals surface area contributed by atoms with Crippen LogP contribution in [-0.2, 0) is 16.0 Å². The summed E-state index contributed by atoms with van der Waals surface area (Å²) >= 11 is 0. The van der Waals surface area contributed by atoms with Crippen molar-refractivity contribution in [1.82, 2.24) is 5.32 Å². The van der Waals surface area contributed by atoms with Crippen molar-refractivity contribution in [2.24, 2.45) is 0 Å². The van der Waals surface area contributed by atoms with Crippen LogP contribution in [0.1, 0.15) is 39.6 Å². The van der Waals surface area contributed by atoms with Gasteiger partial charge in [-0.25, -0.2) is 9.18 Å². The van der Waals surface area contributed by atoms with Gasteiger partial charge in [-0.05, 0) is 35.7 Å². The van der Waals surface area contributed by atoms with Gasteiger partial charge in [-0.1, -0.05) is 50.5 Å². The first kappa shape index (κ1) is 21.4. The van der Waals surface area contributed by atoms with E-state index in [9.17, 15) is 14.0 Å². The Morgan fingerprint density at radius 2 is 1.93 bits per heavy atom. The molecule has 0 heterocycles. The highest BCUT2D eigenvalue weighted by molar-refractivity contribution is 5.74. The topological polar surface area (TPSA) is 64.6 Å². The number of carbonyl (C=O) groups excluding carboxylic acids is 2. The largest absolute Gasteiger partial charge is 0.469 e. The second-order valence-electron chi connectivity index (χ2n) is 6.47. The quantitative estimate of drug-likeness (QED) is 0.477. The van der Waals surface area contributed by atoms with Crippen LogP contribution in [-0.4, -0.2) is 25.7 Å². The van der Waals surface area contributed by atoms with Gasteiger partial charge in [0.2, 0.25) is 0 Å². The highest BCUT2D eigenvalue weighted by Crippen LogP contribution is 2.27. The first-order valence-electron chi connectivity index (χ1n) is 9.45. The summed E-state index contributed by atoms with van der Waals surface area (Å²) < 4.78 is 24.4. The van der Waals surface area contributed by atoms with E-state index in [2.05, 4.69) is 17.0 Å². The lowest BCUT2D eigenvalue weighted by Gasteiger charge is -2.09. The maximum Gasteiger partial charge on any atom is 0.412 e. The van der Waals surface area contributed by atoms with E-state index in [4.69, 9.17) is 4.74 Å². The first-order chi connectivity index (χ1) is 13.5. The number of unbranched alkanes of at least 4 members (excludes halogenated alkanes) is 3. The normalized spacial score (nSPS) is 10.4. The van der Waals surface area contributed by atoms with E-state index >= 15 is 0 Å². The number of esters is 1. The third kappa shape index (κ3) is 6.68. The van der Waals surface area contributed by atoms with E-state index in [1.165, 1.54) is 13.2 Å². The molecule has 0 spiro atoms. The molecule has 152 valence electrons. The van der Waals surface area contributed by atoms with Crippen molar-refractivity contribution >= 4 is 12.1 Å². The number of ether oxygens (including phenoxy) is 2. The fourth-order valence-corrected chi connectivity index (χ4v) is 2.75. The summed E-state index contributed by atoms with van der Waals surface area (Å²) in [7, 11) is 1.29. The van der Waals surface area contributed by atoms with Gasteiger partial charge in [0.25, 0.3) is 0 Å². The predicted octanol–water partition coefficient (Wildman–Crippen LogP) is 5.12. The number of carbonyl (C=O) groups is 2. The molecule has 2 aromatic carbocycles. The molecule has 0 saturated heterocycles. The maximum atomic E-state index is 14.5. The van der Waals surface area contributed by atoms with E-state index in [0.717, 1.165) is 25.7 Å². The van der Waals surface area contributed by atoms with Gasteiger partial charge in [0.15, 0.2) is 0 Å². The molecule has 2 rings (SSSR count). The Morgan fingerprint density at radius 3 is 2.64 bits per heavy atom. The highest BCUT2D eigenvalue weighted by Gasteiger charge is 2.11. The summed E-state index contributed by atoms with van der Waals surface area (Å²) in [6.07, 6.45) is 3.74. The van der Waals surface area contributed by atoms with Gasteiger partial charge in [-0.15, -0.1) is 0 Å². The zero-order chi connectivity index (χ0) is 20.4. The zero-order valence-electron chi connectivity index (χ0n) is 16.3. The van der Waals surface area contributed by atoms with Gasteiger partial charge < -0.3 is 14.8 Å². The molecule has 0 bridgehead atoms. The molecule has 0 aromatic heterocycles. The summed E-state index contributed by atoms with van der Waals surface area (Å²) in [5, 5.41) is 2.71. The van der Waals surface area contributed by atoms with Gasteiger partial charge in [-0.2, -0.15) is 0 Å². The number of methoxy groups -OCH3 is 1. The molecule has 0 aliphatic carbocycles. The maximum absolute atomic E-state index is 14.5. The summed E-state index contributed by atoms with van der Waals surface area (Å²) in [6.45, 7) is 2.69. The van der Waals surface area contributed by atoms with Crippen molar-refractivity contribution in [3.05, 3.63) is 53.8 Å². The number of benzene rings is 2. The Labute approximate surface area is 166 Å². The lowest BCUT2D eigenvalue weighted by atomic mass is 10.0. The van der Waals surface area contributed by atoms with Crippen LogP contribution in [0.3, 0.4) is 0 Å². The number of nitrogens with one attached hydrogen (secondary N) is 1. The van der Waals surface area contributed by atoms with Crippen LogP contribution in [0.15, 0.2) is 42.5 Å². The second kappa shape index (κ2) is 11.1. The summed E-state index contributed by atoms with van der Waals surface area (Å²) in [5.74, 6) is -0.552. The lowest BCUT2D eigenvalue weighted by molar-refractivity contribution is -0.139. The van der Waals surface area contributed by atoms with Crippen LogP contribution >= 0.6 is 0 Å². The molecule has 5 nitrogen and oxygen atoms in total. The SMILES string of the molecule is CCCCCCNC(=O)Oc1cccc(-c2ccc(CC(=O)OC)cc2F)c1.[HH]. The Morgan fingerprint density at radius 1 is 1.11 bits per heavy atom. The third-order valence-corrected chi connectivity index (χ3v) is 4.26. The number of rotatable bonds is 9. The Bertz CT molecular complexity index is 813. The van der Waals surface area contributed by atoms with E-state index in [1.54, 1.807) is 36.4 Å². The summed E-state index contributed by atoms with van der Waals surface area (Å²) in [4.78, 5) is 23.2. The molecule has 1 N–H and O–H groups in total. The molecular formula is C22H28FNO4. The molecule has 0 radical (unpaired) electrons. The Hall–Kier alpha value is -2.89. The van der Waals surface area contributed by atoms with Gasteiger partial charge >= 0.3 is 12.1 Å². The van der Waals surface area contributed by atoms with E-state index < -0.39 is 17.9 Å². The molecule has 6 heteroatoms. The highest BCUT2D eigenvalue weighted by atomic mass is 19.1.